The lowest BCUT2D eigenvalue weighted by atomic mass is 10.0. The number of benzene rings is 2. The molecule has 0 saturated carbocycles. The molecule has 19 heavy (non-hydrogen) atoms. The first-order valence-corrected chi connectivity index (χ1v) is 7.39. The van der Waals surface area contributed by atoms with E-state index in [1.807, 2.05) is 18.2 Å². The van der Waals surface area contributed by atoms with Crippen LogP contribution in [0.3, 0.4) is 0 Å². The molecule has 0 atom stereocenters. The number of hydrogen-bond acceptors (Lipinski definition) is 1. The second-order valence-corrected chi connectivity index (χ2v) is 5.98. The second kappa shape index (κ2) is 6.76. The summed E-state index contributed by atoms with van der Waals surface area (Å²) < 4.78 is 6.89. The van der Waals surface area contributed by atoms with E-state index in [1.165, 1.54) is 5.56 Å². The van der Waals surface area contributed by atoms with E-state index in [9.17, 15) is 0 Å². The van der Waals surface area contributed by atoms with Gasteiger partial charge in [-0.15, -0.1) is 0 Å². The van der Waals surface area contributed by atoms with Crippen LogP contribution in [0.1, 0.15) is 25.0 Å². The Hall–Kier alpha value is -1.28. The van der Waals surface area contributed by atoms with E-state index in [1.54, 1.807) is 0 Å². The molecule has 0 bridgehead atoms. The van der Waals surface area contributed by atoms with E-state index in [-0.39, 0.29) is 0 Å². The summed E-state index contributed by atoms with van der Waals surface area (Å²) in [5.74, 6) is 1.61. The molecule has 0 amide bonds. The van der Waals surface area contributed by atoms with Crippen molar-refractivity contribution in [2.24, 2.45) is 5.92 Å². The molecule has 2 rings (SSSR count). The Morgan fingerprint density at radius 3 is 2.32 bits per heavy atom. The molecule has 0 aromatic heterocycles. The van der Waals surface area contributed by atoms with Gasteiger partial charge in [-0.25, -0.2) is 0 Å². The summed E-state index contributed by atoms with van der Waals surface area (Å²) in [5, 5.41) is 0. The monoisotopic (exact) mass is 318 g/mol. The van der Waals surface area contributed by atoms with Crippen molar-refractivity contribution in [1.29, 1.82) is 0 Å². The molecule has 0 fully saturated rings. The Balaban J connectivity index is 1.95. The molecule has 2 aromatic rings. The Morgan fingerprint density at radius 1 is 1.00 bits per heavy atom. The standard InChI is InChI=1S/C17H19BrO/c1-13(2)11-14-7-9-16(10-8-14)19-12-15-5-3-4-6-17(15)18/h3-10,13H,11-12H2,1-2H3. The third-order valence-corrected chi connectivity index (χ3v) is 3.69. The van der Waals surface area contributed by atoms with Gasteiger partial charge in [0.2, 0.25) is 0 Å². The predicted octanol–water partition coefficient (Wildman–Crippen LogP) is 5.23. The minimum atomic E-state index is 0.588. The topological polar surface area (TPSA) is 9.23 Å². The molecule has 0 radical (unpaired) electrons. The Kier molecular flexibility index (Phi) is 5.03. The van der Waals surface area contributed by atoms with Crippen molar-refractivity contribution < 1.29 is 4.74 Å². The lowest BCUT2D eigenvalue weighted by Gasteiger charge is -2.09. The highest BCUT2D eigenvalue weighted by Gasteiger charge is 2.01. The van der Waals surface area contributed by atoms with Crippen LogP contribution in [0.4, 0.5) is 0 Å². The maximum atomic E-state index is 5.80. The van der Waals surface area contributed by atoms with Crippen LogP contribution in [0, 0.1) is 5.92 Å². The van der Waals surface area contributed by atoms with Gasteiger partial charge >= 0.3 is 0 Å². The van der Waals surface area contributed by atoms with Crippen LogP contribution in [0.2, 0.25) is 0 Å². The van der Waals surface area contributed by atoms with Crippen molar-refractivity contribution in [3.63, 3.8) is 0 Å². The van der Waals surface area contributed by atoms with Gasteiger partial charge in [-0.2, -0.15) is 0 Å². The van der Waals surface area contributed by atoms with Gasteiger partial charge in [0.25, 0.3) is 0 Å². The van der Waals surface area contributed by atoms with Gasteiger partial charge in [-0.3, -0.25) is 0 Å². The van der Waals surface area contributed by atoms with Crippen LogP contribution < -0.4 is 4.74 Å². The van der Waals surface area contributed by atoms with Gasteiger partial charge in [0, 0.05) is 10.0 Å². The fourth-order valence-electron chi connectivity index (χ4n) is 1.97. The second-order valence-electron chi connectivity index (χ2n) is 5.12. The molecule has 2 aromatic carbocycles. The summed E-state index contributed by atoms with van der Waals surface area (Å²) in [5.41, 5.74) is 2.52. The molecule has 1 nitrogen and oxygen atoms in total. The van der Waals surface area contributed by atoms with E-state index in [4.69, 9.17) is 4.74 Å². The molecule has 0 saturated heterocycles. The van der Waals surface area contributed by atoms with Crippen molar-refractivity contribution in [1.82, 2.24) is 0 Å². The summed E-state index contributed by atoms with van der Waals surface area (Å²) in [7, 11) is 0. The van der Waals surface area contributed by atoms with Crippen molar-refractivity contribution in [2.75, 3.05) is 0 Å². The maximum absolute atomic E-state index is 5.80. The summed E-state index contributed by atoms with van der Waals surface area (Å²) in [6.07, 6.45) is 1.12. The van der Waals surface area contributed by atoms with E-state index < -0.39 is 0 Å². The van der Waals surface area contributed by atoms with Crippen molar-refractivity contribution in [3.8, 4) is 5.75 Å². The fraction of sp³-hybridized carbons (Fsp3) is 0.294. The van der Waals surface area contributed by atoms with Crippen LogP contribution in [-0.2, 0) is 13.0 Å². The zero-order valence-corrected chi connectivity index (χ0v) is 13.0. The Bertz CT molecular complexity index is 517. The molecule has 0 aliphatic rings. The summed E-state index contributed by atoms with van der Waals surface area (Å²) in [6, 6.07) is 16.5. The normalized spacial score (nSPS) is 10.7. The quantitative estimate of drug-likeness (QED) is 0.733. The Labute approximate surface area is 123 Å². The lowest BCUT2D eigenvalue weighted by Crippen LogP contribution is -1.97. The van der Waals surface area contributed by atoms with Gasteiger partial charge < -0.3 is 4.74 Å². The number of ether oxygens (including phenoxy) is 1. The van der Waals surface area contributed by atoms with E-state index >= 15 is 0 Å². The van der Waals surface area contributed by atoms with Gasteiger partial charge in [0.05, 0.1) is 0 Å². The molecule has 0 N–H and O–H groups in total. The average molecular weight is 319 g/mol. The molecule has 0 unspecified atom stereocenters. The van der Waals surface area contributed by atoms with Crippen LogP contribution in [-0.4, -0.2) is 0 Å². The van der Waals surface area contributed by atoms with Gasteiger partial charge in [-0.1, -0.05) is 60.1 Å². The molecule has 2 heteroatoms. The van der Waals surface area contributed by atoms with Gasteiger partial charge in [-0.05, 0) is 36.1 Å². The largest absolute Gasteiger partial charge is 0.489 e. The van der Waals surface area contributed by atoms with Crippen molar-refractivity contribution in [2.45, 2.75) is 26.9 Å². The van der Waals surface area contributed by atoms with Crippen molar-refractivity contribution >= 4 is 15.9 Å². The SMILES string of the molecule is CC(C)Cc1ccc(OCc2ccccc2Br)cc1. The molecular formula is C17H19BrO. The summed E-state index contributed by atoms with van der Waals surface area (Å²) >= 11 is 3.53. The van der Waals surface area contributed by atoms with E-state index in [0.29, 0.717) is 12.5 Å². The zero-order chi connectivity index (χ0) is 13.7. The summed E-state index contributed by atoms with van der Waals surface area (Å²) in [6.45, 7) is 5.06. The highest BCUT2D eigenvalue weighted by Crippen LogP contribution is 2.20. The van der Waals surface area contributed by atoms with E-state index in [2.05, 4.69) is 60.1 Å². The molecule has 100 valence electrons. The molecule has 0 spiro atoms. The minimum Gasteiger partial charge on any atom is -0.489 e. The molecular weight excluding hydrogens is 300 g/mol. The van der Waals surface area contributed by atoms with Crippen LogP contribution in [0.25, 0.3) is 0 Å². The zero-order valence-electron chi connectivity index (χ0n) is 11.4. The van der Waals surface area contributed by atoms with Gasteiger partial charge in [0.15, 0.2) is 0 Å². The number of rotatable bonds is 5. The highest BCUT2D eigenvalue weighted by molar-refractivity contribution is 9.10. The third-order valence-electron chi connectivity index (χ3n) is 2.92. The van der Waals surface area contributed by atoms with E-state index in [0.717, 1.165) is 22.2 Å². The minimum absolute atomic E-state index is 0.588. The first kappa shape index (κ1) is 14.1. The number of halogens is 1. The van der Waals surface area contributed by atoms with Gasteiger partial charge in [0.1, 0.15) is 12.4 Å². The molecule has 0 aliphatic carbocycles. The molecule has 0 heterocycles. The first-order valence-electron chi connectivity index (χ1n) is 6.60. The number of hydrogen-bond donors (Lipinski definition) is 0. The Morgan fingerprint density at radius 2 is 1.68 bits per heavy atom. The third kappa shape index (κ3) is 4.39. The predicted molar refractivity (Wildman–Crippen MR) is 83.5 cm³/mol. The van der Waals surface area contributed by atoms with Crippen LogP contribution >= 0.6 is 15.9 Å². The highest BCUT2D eigenvalue weighted by atomic mass is 79.9. The average Bonchev–Trinajstić information content (AvgIpc) is 2.39. The van der Waals surface area contributed by atoms with Crippen LogP contribution in [0.15, 0.2) is 53.0 Å². The van der Waals surface area contributed by atoms with Crippen LogP contribution in [0.5, 0.6) is 5.75 Å². The maximum Gasteiger partial charge on any atom is 0.119 e. The fourth-order valence-corrected chi connectivity index (χ4v) is 2.37. The van der Waals surface area contributed by atoms with Crippen molar-refractivity contribution in [3.05, 3.63) is 64.1 Å². The smallest absolute Gasteiger partial charge is 0.119 e. The summed E-state index contributed by atoms with van der Waals surface area (Å²) in [4.78, 5) is 0. The lowest BCUT2D eigenvalue weighted by molar-refractivity contribution is 0.305. The first-order chi connectivity index (χ1) is 9.15. The molecule has 0 aliphatic heterocycles.